The van der Waals surface area contributed by atoms with E-state index in [2.05, 4.69) is 18.8 Å². The first-order valence-electron chi connectivity index (χ1n) is 2.37. The van der Waals surface area contributed by atoms with Crippen LogP contribution in [0, 0.1) is 0 Å². The topological polar surface area (TPSA) is 12.0 Å². The molecular weight excluding hydrogens is 106 g/mol. The highest BCUT2D eigenvalue weighted by molar-refractivity contribution is 8.03. The van der Waals surface area contributed by atoms with Crippen LogP contribution in [-0.4, -0.2) is 11.8 Å². The zero-order valence-corrected chi connectivity index (χ0v) is 5.22. The molecule has 7 heavy (non-hydrogen) atoms. The standard InChI is InChI=1S/C5H9NS/c1-4-3-7-5(2)6-4/h4,6H,2-3H2,1H3. The minimum absolute atomic E-state index is 0.637. The van der Waals surface area contributed by atoms with Crippen molar-refractivity contribution in [1.29, 1.82) is 0 Å². The summed E-state index contributed by atoms with van der Waals surface area (Å²) in [5.41, 5.74) is 0. The lowest BCUT2D eigenvalue weighted by Crippen LogP contribution is -2.17. The SMILES string of the molecule is C=C1NC(C)CS1. The second kappa shape index (κ2) is 1.78. The van der Waals surface area contributed by atoms with Gasteiger partial charge in [-0.2, -0.15) is 0 Å². The van der Waals surface area contributed by atoms with Crippen molar-refractivity contribution in [1.82, 2.24) is 5.32 Å². The van der Waals surface area contributed by atoms with Gasteiger partial charge in [-0.1, -0.05) is 6.58 Å². The predicted octanol–water partition coefficient (Wildman–Crippen LogP) is 1.18. The van der Waals surface area contributed by atoms with E-state index >= 15 is 0 Å². The lowest BCUT2D eigenvalue weighted by atomic mass is 10.4. The molecule has 0 amide bonds. The van der Waals surface area contributed by atoms with Gasteiger partial charge in [0.1, 0.15) is 0 Å². The lowest BCUT2D eigenvalue weighted by Gasteiger charge is -1.97. The second-order valence-corrected chi connectivity index (χ2v) is 2.89. The Balaban J connectivity index is 2.40. The van der Waals surface area contributed by atoms with Crippen LogP contribution in [0.1, 0.15) is 6.92 Å². The van der Waals surface area contributed by atoms with Gasteiger partial charge < -0.3 is 5.32 Å². The summed E-state index contributed by atoms with van der Waals surface area (Å²) in [4.78, 5) is 0. The Bertz CT molecular complexity index is 90.1. The molecule has 0 aromatic carbocycles. The third-order valence-corrected chi connectivity index (χ3v) is 2.05. The summed E-state index contributed by atoms with van der Waals surface area (Å²) in [5, 5.41) is 4.30. The normalized spacial score (nSPS) is 30.4. The molecule has 0 aromatic rings. The molecule has 1 saturated heterocycles. The quantitative estimate of drug-likeness (QED) is 0.509. The highest BCUT2D eigenvalue weighted by Gasteiger charge is 2.10. The monoisotopic (exact) mass is 115 g/mol. The number of hydrogen-bond donors (Lipinski definition) is 1. The summed E-state index contributed by atoms with van der Waals surface area (Å²) in [6.07, 6.45) is 0. The van der Waals surface area contributed by atoms with Crippen LogP contribution in [0.25, 0.3) is 0 Å². The summed E-state index contributed by atoms with van der Waals surface area (Å²) in [6, 6.07) is 0.637. The number of nitrogens with one attached hydrogen (secondary N) is 1. The smallest absolute Gasteiger partial charge is 0.0611 e. The Morgan fingerprint density at radius 3 is 2.86 bits per heavy atom. The molecule has 0 spiro atoms. The third kappa shape index (κ3) is 1.13. The maximum atomic E-state index is 3.76. The van der Waals surface area contributed by atoms with E-state index in [1.54, 1.807) is 11.8 Å². The minimum atomic E-state index is 0.637. The molecule has 1 fully saturated rings. The summed E-state index contributed by atoms with van der Waals surface area (Å²) in [5.74, 6) is 1.18. The highest BCUT2D eigenvalue weighted by atomic mass is 32.2. The molecule has 1 aliphatic rings. The maximum absolute atomic E-state index is 3.76. The Kier molecular flexibility index (Phi) is 1.28. The van der Waals surface area contributed by atoms with E-state index in [0.29, 0.717) is 6.04 Å². The van der Waals surface area contributed by atoms with Gasteiger partial charge in [-0.3, -0.25) is 0 Å². The summed E-state index contributed by atoms with van der Waals surface area (Å²) >= 11 is 1.80. The van der Waals surface area contributed by atoms with Crippen molar-refractivity contribution in [3.05, 3.63) is 11.6 Å². The molecule has 1 rings (SSSR count). The van der Waals surface area contributed by atoms with Crippen molar-refractivity contribution in [3.8, 4) is 0 Å². The molecule has 0 saturated carbocycles. The minimum Gasteiger partial charge on any atom is -0.377 e. The predicted molar refractivity (Wildman–Crippen MR) is 34.2 cm³/mol. The van der Waals surface area contributed by atoms with Crippen LogP contribution in [0.2, 0.25) is 0 Å². The molecule has 0 radical (unpaired) electrons. The van der Waals surface area contributed by atoms with Crippen LogP contribution in [0.4, 0.5) is 0 Å². The zero-order valence-electron chi connectivity index (χ0n) is 4.40. The molecule has 0 aromatic heterocycles. The first kappa shape index (κ1) is 5.04. The Morgan fingerprint density at radius 1 is 2.00 bits per heavy atom. The van der Waals surface area contributed by atoms with Crippen LogP contribution in [0.15, 0.2) is 11.6 Å². The highest BCUT2D eigenvalue weighted by Crippen LogP contribution is 2.18. The molecule has 40 valence electrons. The summed E-state index contributed by atoms with van der Waals surface area (Å²) in [7, 11) is 0. The van der Waals surface area contributed by atoms with Crippen LogP contribution in [-0.2, 0) is 0 Å². The Hall–Kier alpha value is -0.110. The van der Waals surface area contributed by atoms with Crippen molar-refractivity contribution in [3.63, 3.8) is 0 Å². The molecule has 1 nitrogen and oxygen atoms in total. The second-order valence-electron chi connectivity index (χ2n) is 1.78. The van der Waals surface area contributed by atoms with Crippen molar-refractivity contribution in [2.24, 2.45) is 0 Å². The first-order valence-corrected chi connectivity index (χ1v) is 3.36. The van der Waals surface area contributed by atoms with E-state index < -0.39 is 0 Å². The van der Waals surface area contributed by atoms with Gasteiger partial charge in [0.25, 0.3) is 0 Å². The number of thioether (sulfide) groups is 1. The fourth-order valence-corrected chi connectivity index (χ4v) is 1.40. The Morgan fingerprint density at radius 2 is 2.71 bits per heavy atom. The molecule has 1 aliphatic heterocycles. The van der Waals surface area contributed by atoms with Gasteiger partial charge in [-0.15, -0.1) is 11.8 Å². The van der Waals surface area contributed by atoms with Gasteiger partial charge in [-0.25, -0.2) is 0 Å². The Labute approximate surface area is 48.2 Å². The average molecular weight is 115 g/mol. The van der Waals surface area contributed by atoms with E-state index in [9.17, 15) is 0 Å². The largest absolute Gasteiger partial charge is 0.377 e. The van der Waals surface area contributed by atoms with Crippen molar-refractivity contribution >= 4 is 11.8 Å². The van der Waals surface area contributed by atoms with Crippen LogP contribution in [0.5, 0.6) is 0 Å². The summed E-state index contributed by atoms with van der Waals surface area (Å²) < 4.78 is 0. The van der Waals surface area contributed by atoms with Gasteiger partial charge >= 0.3 is 0 Å². The molecule has 1 unspecified atom stereocenters. The van der Waals surface area contributed by atoms with E-state index in [1.165, 1.54) is 5.75 Å². The fraction of sp³-hybridized carbons (Fsp3) is 0.600. The molecule has 1 N–H and O–H groups in total. The summed E-state index contributed by atoms with van der Waals surface area (Å²) in [6.45, 7) is 5.91. The van der Waals surface area contributed by atoms with E-state index in [0.717, 1.165) is 5.03 Å². The average Bonchev–Trinajstić information content (AvgIpc) is 1.87. The van der Waals surface area contributed by atoms with Gasteiger partial charge in [-0.05, 0) is 6.92 Å². The molecule has 1 atom stereocenters. The van der Waals surface area contributed by atoms with Gasteiger partial charge in [0.15, 0.2) is 0 Å². The van der Waals surface area contributed by atoms with Gasteiger partial charge in [0.2, 0.25) is 0 Å². The molecule has 2 heteroatoms. The molecule has 1 heterocycles. The van der Waals surface area contributed by atoms with Crippen LogP contribution in [0.3, 0.4) is 0 Å². The molecule has 0 aliphatic carbocycles. The van der Waals surface area contributed by atoms with Crippen LogP contribution < -0.4 is 5.32 Å². The fourth-order valence-electron chi connectivity index (χ4n) is 0.584. The number of rotatable bonds is 0. The molecule has 0 bridgehead atoms. The van der Waals surface area contributed by atoms with Crippen molar-refractivity contribution in [2.75, 3.05) is 5.75 Å². The molecular formula is C5H9NS. The van der Waals surface area contributed by atoms with E-state index in [4.69, 9.17) is 0 Å². The van der Waals surface area contributed by atoms with Gasteiger partial charge in [0.05, 0.1) is 5.03 Å². The van der Waals surface area contributed by atoms with E-state index in [1.807, 2.05) is 0 Å². The first-order chi connectivity index (χ1) is 3.29. The van der Waals surface area contributed by atoms with Crippen molar-refractivity contribution in [2.45, 2.75) is 13.0 Å². The number of hydrogen-bond acceptors (Lipinski definition) is 2. The van der Waals surface area contributed by atoms with E-state index in [-0.39, 0.29) is 0 Å². The maximum Gasteiger partial charge on any atom is 0.0611 e. The van der Waals surface area contributed by atoms with Crippen molar-refractivity contribution < 1.29 is 0 Å². The zero-order chi connectivity index (χ0) is 5.28. The lowest BCUT2D eigenvalue weighted by molar-refractivity contribution is 0.729. The van der Waals surface area contributed by atoms with Gasteiger partial charge in [0, 0.05) is 11.8 Å². The van der Waals surface area contributed by atoms with Crippen LogP contribution >= 0.6 is 11.8 Å². The third-order valence-electron chi connectivity index (χ3n) is 0.915.